The quantitative estimate of drug-likeness (QED) is 0.0291. The number of rotatable bonds is 37. The summed E-state index contributed by atoms with van der Waals surface area (Å²) in [5, 5.41) is 0. The van der Waals surface area contributed by atoms with Gasteiger partial charge in [0.25, 0.3) is 0 Å². The van der Waals surface area contributed by atoms with Crippen molar-refractivity contribution in [2.45, 2.75) is 116 Å². The highest BCUT2D eigenvalue weighted by molar-refractivity contribution is 7.94. The van der Waals surface area contributed by atoms with Gasteiger partial charge in [0, 0.05) is 11.5 Å². The SMILES string of the molecule is COC(=O)CN(CCCCCCCCCCCSOCCOSCCCCCCCCCCCN(CC(=O)OC)CC(=O)OC)CC(=O)OC. The third-order valence-electron chi connectivity index (χ3n) is 8.14. The fraction of sp³-hybridized carbons (Fsp3) is 0.889. The van der Waals surface area contributed by atoms with Crippen LogP contribution in [0.4, 0.5) is 0 Å². The van der Waals surface area contributed by atoms with Crippen molar-refractivity contribution in [1.82, 2.24) is 9.80 Å². The molecular weight excluding hydrogens is 685 g/mol. The van der Waals surface area contributed by atoms with Crippen LogP contribution in [0.25, 0.3) is 0 Å². The van der Waals surface area contributed by atoms with Gasteiger partial charge in [0.05, 0.1) is 67.8 Å². The number of methoxy groups -OCH3 is 4. The van der Waals surface area contributed by atoms with Gasteiger partial charge in [0.15, 0.2) is 0 Å². The second-order valence-electron chi connectivity index (χ2n) is 12.4. The van der Waals surface area contributed by atoms with Gasteiger partial charge in [0.2, 0.25) is 0 Å². The highest BCUT2D eigenvalue weighted by atomic mass is 32.2. The Morgan fingerprint density at radius 1 is 0.380 bits per heavy atom. The zero-order valence-electron chi connectivity index (χ0n) is 31.6. The minimum absolute atomic E-state index is 0.112. The van der Waals surface area contributed by atoms with E-state index in [-0.39, 0.29) is 50.1 Å². The lowest BCUT2D eigenvalue weighted by atomic mass is 10.1. The number of hydrogen-bond acceptors (Lipinski definition) is 14. The summed E-state index contributed by atoms with van der Waals surface area (Å²) in [5.74, 6) is 0.688. The highest BCUT2D eigenvalue weighted by Crippen LogP contribution is 2.15. The van der Waals surface area contributed by atoms with E-state index in [4.69, 9.17) is 27.3 Å². The van der Waals surface area contributed by atoms with Gasteiger partial charge >= 0.3 is 23.9 Å². The van der Waals surface area contributed by atoms with Gasteiger partial charge in [-0.3, -0.25) is 29.0 Å². The number of carbonyl (C=O) groups excluding carboxylic acids is 4. The molecule has 0 bridgehead atoms. The topological polar surface area (TPSA) is 130 Å². The Kier molecular flexibility index (Phi) is 36.0. The molecule has 0 unspecified atom stereocenters. The van der Waals surface area contributed by atoms with Crippen LogP contribution >= 0.6 is 24.1 Å². The van der Waals surface area contributed by atoms with Crippen molar-refractivity contribution in [1.29, 1.82) is 0 Å². The minimum Gasteiger partial charge on any atom is -0.468 e. The van der Waals surface area contributed by atoms with Crippen LogP contribution in [0.15, 0.2) is 0 Å². The number of carbonyl (C=O) groups is 4. The third kappa shape index (κ3) is 33.6. The molecule has 0 radical (unpaired) electrons. The number of hydrogen-bond donors (Lipinski definition) is 0. The first-order chi connectivity index (χ1) is 24.4. The molecule has 12 nitrogen and oxygen atoms in total. The van der Waals surface area contributed by atoms with E-state index in [1.807, 2.05) is 0 Å². The number of ether oxygens (including phenoxy) is 4. The van der Waals surface area contributed by atoms with Crippen LogP contribution in [0.5, 0.6) is 0 Å². The van der Waals surface area contributed by atoms with Gasteiger partial charge < -0.3 is 27.3 Å². The zero-order valence-corrected chi connectivity index (χ0v) is 33.2. The lowest BCUT2D eigenvalue weighted by molar-refractivity contribution is -0.147. The molecule has 0 aliphatic rings. The summed E-state index contributed by atoms with van der Waals surface area (Å²) in [7, 11) is 5.42. The molecule has 0 saturated heterocycles. The fourth-order valence-electron chi connectivity index (χ4n) is 5.19. The van der Waals surface area contributed by atoms with Crippen LogP contribution < -0.4 is 0 Å². The normalized spacial score (nSPS) is 11.2. The first-order valence-corrected chi connectivity index (χ1v) is 20.4. The molecule has 0 atom stereocenters. The van der Waals surface area contributed by atoms with E-state index in [1.165, 1.54) is 118 Å². The first-order valence-electron chi connectivity index (χ1n) is 18.6. The molecule has 0 aliphatic heterocycles. The largest absolute Gasteiger partial charge is 0.468 e. The minimum atomic E-state index is -0.339. The standard InChI is InChI=1S/C36H68N2O10S2/c1-43-33(39)29-37(30-34(40)44-2)23-19-15-11-7-5-9-13-17-21-27-49-47-25-26-48-50-28-22-18-14-10-6-8-12-16-20-24-38(31-35(41)45-3)32-36(42)46-4/h5-32H2,1-4H3. The number of unbranched alkanes of at least 4 members (excludes halogenated alkanes) is 16. The van der Waals surface area contributed by atoms with Gasteiger partial charge in [-0.1, -0.05) is 89.9 Å². The van der Waals surface area contributed by atoms with Crippen molar-refractivity contribution in [3.63, 3.8) is 0 Å². The van der Waals surface area contributed by atoms with Crippen molar-refractivity contribution in [2.75, 3.05) is 92.4 Å². The molecule has 14 heteroatoms. The predicted octanol–water partition coefficient (Wildman–Crippen LogP) is 6.63. The molecule has 0 aromatic heterocycles. The summed E-state index contributed by atoms with van der Waals surface area (Å²) >= 11 is 3.10. The molecule has 0 aromatic carbocycles. The molecule has 0 N–H and O–H groups in total. The van der Waals surface area contributed by atoms with Crippen molar-refractivity contribution in [2.24, 2.45) is 0 Å². The summed E-state index contributed by atoms with van der Waals surface area (Å²) in [4.78, 5) is 49.8. The zero-order chi connectivity index (χ0) is 36.9. The van der Waals surface area contributed by atoms with Gasteiger partial charge in [-0.05, 0) is 62.9 Å². The van der Waals surface area contributed by atoms with E-state index in [2.05, 4.69) is 0 Å². The second kappa shape index (κ2) is 37.2. The Hall–Kier alpha value is -1.58. The van der Waals surface area contributed by atoms with Crippen molar-refractivity contribution in [3.05, 3.63) is 0 Å². The first kappa shape index (κ1) is 48.4. The lowest BCUT2D eigenvalue weighted by Gasteiger charge is -2.19. The van der Waals surface area contributed by atoms with E-state index in [1.54, 1.807) is 33.9 Å². The average Bonchev–Trinajstić information content (AvgIpc) is 3.12. The molecule has 0 heterocycles. The van der Waals surface area contributed by atoms with Gasteiger partial charge in [-0.15, -0.1) is 0 Å². The van der Waals surface area contributed by atoms with E-state index in [0.29, 0.717) is 26.3 Å². The summed E-state index contributed by atoms with van der Waals surface area (Å²) < 4.78 is 30.1. The maximum absolute atomic E-state index is 11.5. The van der Waals surface area contributed by atoms with E-state index in [9.17, 15) is 19.2 Å². The van der Waals surface area contributed by atoms with E-state index in [0.717, 1.165) is 37.2 Å². The maximum atomic E-state index is 11.5. The number of esters is 4. The molecule has 0 saturated carbocycles. The summed E-state index contributed by atoms with van der Waals surface area (Å²) in [6.07, 6.45) is 21.2. The third-order valence-corrected chi connectivity index (χ3v) is 9.72. The second-order valence-corrected chi connectivity index (χ2v) is 14.1. The molecule has 0 rings (SSSR count). The summed E-state index contributed by atoms with van der Waals surface area (Å²) in [6.45, 7) is 3.06. The highest BCUT2D eigenvalue weighted by Gasteiger charge is 2.16. The molecule has 0 amide bonds. The molecule has 50 heavy (non-hydrogen) atoms. The smallest absolute Gasteiger partial charge is 0.319 e. The van der Waals surface area contributed by atoms with Crippen LogP contribution in [0.3, 0.4) is 0 Å². The van der Waals surface area contributed by atoms with Crippen LogP contribution in [-0.2, 0) is 46.5 Å². The van der Waals surface area contributed by atoms with Crippen LogP contribution in [0.1, 0.15) is 116 Å². The van der Waals surface area contributed by atoms with Crippen molar-refractivity contribution < 1.29 is 46.5 Å². The van der Waals surface area contributed by atoms with E-state index >= 15 is 0 Å². The maximum Gasteiger partial charge on any atom is 0.319 e. The molecule has 0 aliphatic carbocycles. The monoisotopic (exact) mass is 752 g/mol. The molecule has 294 valence electrons. The van der Waals surface area contributed by atoms with Crippen LogP contribution in [0, 0.1) is 0 Å². The molecule has 0 spiro atoms. The Labute approximate surface area is 311 Å². The van der Waals surface area contributed by atoms with Gasteiger partial charge in [0.1, 0.15) is 0 Å². The van der Waals surface area contributed by atoms with Crippen molar-refractivity contribution >= 4 is 48.0 Å². The lowest BCUT2D eigenvalue weighted by Crippen LogP contribution is -2.36. The van der Waals surface area contributed by atoms with Gasteiger partial charge in [-0.2, -0.15) is 0 Å². The Bertz CT molecular complexity index is 739. The summed E-state index contributed by atoms with van der Waals surface area (Å²) in [6, 6.07) is 0. The fourth-order valence-corrected chi connectivity index (χ4v) is 6.44. The van der Waals surface area contributed by atoms with Crippen LogP contribution in [-0.4, -0.2) is 126 Å². The van der Waals surface area contributed by atoms with Crippen molar-refractivity contribution in [3.8, 4) is 0 Å². The summed E-state index contributed by atoms with van der Waals surface area (Å²) in [5.41, 5.74) is 0. The molecule has 0 aromatic rings. The molecular formula is C36H68N2O10S2. The predicted molar refractivity (Wildman–Crippen MR) is 201 cm³/mol. The van der Waals surface area contributed by atoms with Crippen LogP contribution in [0.2, 0.25) is 0 Å². The Morgan fingerprint density at radius 3 is 0.880 bits per heavy atom. The number of nitrogens with zero attached hydrogens (tertiary/aromatic N) is 2. The molecule has 0 fully saturated rings. The van der Waals surface area contributed by atoms with E-state index < -0.39 is 0 Å². The Morgan fingerprint density at radius 2 is 0.620 bits per heavy atom. The Balaban J connectivity index is 3.40. The van der Waals surface area contributed by atoms with Gasteiger partial charge in [-0.25, -0.2) is 0 Å². The average molecular weight is 753 g/mol.